The van der Waals surface area contributed by atoms with Crippen LogP contribution in [0.25, 0.3) is 0 Å². The molecule has 0 unspecified atom stereocenters. The minimum absolute atomic E-state index is 0.492. The topological polar surface area (TPSA) is 27.7 Å². The van der Waals surface area contributed by atoms with Gasteiger partial charge >= 0.3 is 0 Å². The largest absolute Gasteiger partial charge is 0.377 e. The lowest BCUT2D eigenvalue weighted by atomic mass is 10.1. The molecule has 0 bridgehead atoms. The first-order valence-corrected chi connectivity index (χ1v) is 6.84. The van der Waals surface area contributed by atoms with Crippen LogP contribution in [0.5, 0.6) is 0 Å². The molecular weight excluding hydrogens is 214 g/mol. The number of rotatable bonds is 8. The van der Waals surface area contributed by atoms with Crippen LogP contribution in [0, 0.1) is 0 Å². The number of likely N-dealkylation sites (N-methyl/N-ethyl adjacent to an activating group) is 1. The molecule has 0 aliphatic carbocycles. The summed E-state index contributed by atoms with van der Waals surface area (Å²) in [4.78, 5) is 4.60. The number of hydrogen-bond acceptors (Lipinski definition) is 4. The Balaban J connectivity index is 1.93. The lowest BCUT2D eigenvalue weighted by Gasteiger charge is -2.24. The second kappa shape index (κ2) is 8.86. The van der Waals surface area contributed by atoms with Crippen molar-refractivity contribution in [1.82, 2.24) is 15.1 Å². The Kier molecular flexibility index (Phi) is 7.77. The highest BCUT2D eigenvalue weighted by Gasteiger charge is 2.12. The van der Waals surface area contributed by atoms with Gasteiger partial charge in [0.15, 0.2) is 0 Å². The van der Waals surface area contributed by atoms with E-state index in [1.165, 1.54) is 25.8 Å². The summed E-state index contributed by atoms with van der Waals surface area (Å²) in [6.07, 6.45) is 4.07. The van der Waals surface area contributed by atoms with Crippen LogP contribution in [0.2, 0.25) is 0 Å². The molecule has 0 radical (unpaired) electrons. The molecular formula is C13H29N3O. The van der Waals surface area contributed by atoms with Crippen molar-refractivity contribution in [3.63, 3.8) is 0 Å². The summed E-state index contributed by atoms with van der Waals surface area (Å²) in [6.45, 7) is 6.49. The summed E-state index contributed by atoms with van der Waals surface area (Å²) < 4.78 is 5.89. The summed E-state index contributed by atoms with van der Waals surface area (Å²) in [5, 5.41) is 3.36. The number of nitrogens with zero attached hydrogens (tertiary/aromatic N) is 2. The lowest BCUT2D eigenvalue weighted by molar-refractivity contribution is 0.0229. The van der Waals surface area contributed by atoms with E-state index in [4.69, 9.17) is 4.74 Å². The fraction of sp³-hybridized carbons (Fsp3) is 1.00. The highest BCUT2D eigenvalue weighted by molar-refractivity contribution is 4.68. The van der Waals surface area contributed by atoms with Gasteiger partial charge in [-0.3, -0.25) is 0 Å². The molecule has 1 saturated heterocycles. The Hall–Kier alpha value is -0.160. The molecule has 4 heteroatoms. The molecule has 1 N–H and O–H groups in total. The Morgan fingerprint density at radius 3 is 2.41 bits per heavy atom. The van der Waals surface area contributed by atoms with Gasteiger partial charge in [0.2, 0.25) is 0 Å². The van der Waals surface area contributed by atoms with Crippen molar-refractivity contribution in [3.05, 3.63) is 0 Å². The molecule has 1 heterocycles. The van der Waals surface area contributed by atoms with Gasteiger partial charge < -0.3 is 19.9 Å². The summed E-state index contributed by atoms with van der Waals surface area (Å²) in [6, 6.07) is 0. The van der Waals surface area contributed by atoms with Crippen molar-refractivity contribution >= 4 is 0 Å². The van der Waals surface area contributed by atoms with Crippen molar-refractivity contribution in [1.29, 1.82) is 0 Å². The third-order valence-corrected chi connectivity index (χ3v) is 3.26. The number of ether oxygens (including phenoxy) is 1. The zero-order valence-corrected chi connectivity index (χ0v) is 11.7. The molecule has 0 amide bonds. The Morgan fingerprint density at radius 2 is 1.76 bits per heavy atom. The molecule has 1 rings (SSSR count). The van der Waals surface area contributed by atoms with E-state index in [1.807, 2.05) is 0 Å². The maximum Gasteiger partial charge on any atom is 0.0600 e. The molecule has 1 aliphatic rings. The molecule has 1 aliphatic heterocycles. The van der Waals surface area contributed by atoms with Crippen LogP contribution in [0.1, 0.15) is 19.3 Å². The SMILES string of the molecule is CN(C)CCCN(C)CCOC1CCNCC1. The second-order valence-electron chi connectivity index (χ2n) is 5.28. The number of hydrogen-bond donors (Lipinski definition) is 1. The first kappa shape index (κ1) is 14.9. The van der Waals surface area contributed by atoms with Crippen LogP contribution in [0.4, 0.5) is 0 Å². The van der Waals surface area contributed by atoms with Gasteiger partial charge in [-0.25, -0.2) is 0 Å². The van der Waals surface area contributed by atoms with Gasteiger partial charge in [-0.1, -0.05) is 0 Å². The van der Waals surface area contributed by atoms with Crippen molar-refractivity contribution in [3.8, 4) is 0 Å². The molecule has 0 saturated carbocycles. The monoisotopic (exact) mass is 243 g/mol. The molecule has 102 valence electrons. The van der Waals surface area contributed by atoms with Crippen molar-refractivity contribution in [2.45, 2.75) is 25.4 Å². The Labute approximate surface area is 106 Å². The average Bonchev–Trinajstić information content (AvgIpc) is 2.30. The smallest absolute Gasteiger partial charge is 0.0600 e. The predicted molar refractivity (Wildman–Crippen MR) is 72.5 cm³/mol. The first-order valence-electron chi connectivity index (χ1n) is 6.84. The van der Waals surface area contributed by atoms with Gasteiger partial charge in [-0.2, -0.15) is 0 Å². The molecule has 1 fully saturated rings. The second-order valence-corrected chi connectivity index (χ2v) is 5.28. The molecule has 0 spiro atoms. The van der Waals surface area contributed by atoms with Crippen molar-refractivity contribution < 1.29 is 4.74 Å². The third-order valence-electron chi connectivity index (χ3n) is 3.26. The van der Waals surface area contributed by atoms with Gasteiger partial charge in [0, 0.05) is 6.54 Å². The van der Waals surface area contributed by atoms with E-state index in [-0.39, 0.29) is 0 Å². The lowest BCUT2D eigenvalue weighted by Crippen LogP contribution is -2.34. The standard InChI is InChI=1S/C13H29N3O/c1-15(2)9-4-10-16(3)11-12-17-13-5-7-14-8-6-13/h13-14H,4-12H2,1-3H3. The number of piperidine rings is 1. The average molecular weight is 243 g/mol. The summed E-state index contributed by atoms with van der Waals surface area (Å²) in [5.41, 5.74) is 0. The van der Waals surface area contributed by atoms with E-state index in [9.17, 15) is 0 Å². The zero-order valence-electron chi connectivity index (χ0n) is 11.7. The fourth-order valence-electron chi connectivity index (χ4n) is 2.11. The Morgan fingerprint density at radius 1 is 1.06 bits per heavy atom. The van der Waals surface area contributed by atoms with E-state index in [0.29, 0.717) is 6.10 Å². The normalized spacial score (nSPS) is 18.2. The summed E-state index contributed by atoms with van der Waals surface area (Å²) >= 11 is 0. The highest BCUT2D eigenvalue weighted by Crippen LogP contribution is 2.06. The molecule has 0 aromatic rings. The van der Waals surface area contributed by atoms with Gasteiger partial charge in [0.25, 0.3) is 0 Å². The van der Waals surface area contributed by atoms with Crippen LogP contribution >= 0.6 is 0 Å². The molecule has 0 aromatic carbocycles. The van der Waals surface area contributed by atoms with Gasteiger partial charge in [0.1, 0.15) is 0 Å². The predicted octanol–water partition coefficient (Wildman–Crippen LogP) is 0.639. The van der Waals surface area contributed by atoms with Crippen LogP contribution < -0.4 is 5.32 Å². The van der Waals surface area contributed by atoms with E-state index in [0.717, 1.165) is 32.8 Å². The van der Waals surface area contributed by atoms with Crippen LogP contribution in [0.3, 0.4) is 0 Å². The summed E-state index contributed by atoms with van der Waals surface area (Å²) in [7, 11) is 6.43. The maximum absolute atomic E-state index is 5.89. The Bertz CT molecular complexity index is 182. The van der Waals surface area contributed by atoms with Gasteiger partial charge in [-0.15, -0.1) is 0 Å². The highest BCUT2D eigenvalue weighted by atomic mass is 16.5. The molecule has 0 atom stereocenters. The molecule has 0 aromatic heterocycles. The van der Waals surface area contributed by atoms with E-state index < -0.39 is 0 Å². The fourth-order valence-corrected chi connectivity index (χ4v) is 2.11. The zero-order chi connectivity index (χ0) is 12.5. The molecule has 17 heavy (non-hydrogen) atoms. The minimum Gasteiger partial charge on any atom is -0.377 e. The van der Waals surface area contributed by atoms with Crippen molar-refractivity contribution in [2.24, 2.45) is 0 Å². The van der Waals surface area contributed by atoms with E-state index >= 15 is 0 Å². The third kappa shape index (κ3) is 7.71. The maximum atomic E-state index is 5.89. The van der Waals surface area contributed by atoms with E-state index in [2.05, 4.69) is 36.3 Å². The van der Waals surface area contributed by atoms with Crippen LogP contribution in [-0.2, 0) is 4.74 Å². The quantitative estimate of drug-likeness (QED) is 0.677. The van der Waals surface area contributed by atoms with Crippen LogP contribution in [-0.4, -0.2) is 76.4 Å². The van der Waals surface area contributed by atoms with Crippen molar-refractivity contribution in [2.75, 3.05) is 60.5 Å². The van der Waals surface area contributed by atoms with E-state index in [1.54, 1.807) is 0 Å². The molecule has 4 nitrogen and oxygen atoms in total. The van der Waals surface area contributed by atoms with Crippen LogP contribution in [0.15, 0.2) is 0 Å². The first-order chi connectivity index (χ1) is 8.18. The van der Waals surface area contributed by atoms with Gasteiger partial charge in [-0.05, 0) is 66.6 Å². The number of nitrogens with one attached hydrogen (secondary N) is 1. The summed E-state index contributed by atoms with van der Waals surface area (Å²) in [5.74, 6) is 0. The minimum atomic E-state index is 0.492. The van der Waals surface area contributed by atoms with Gasteiger partial charge in [0.05, 0.1) is 12.7 Å².